The van der Waals surface area contributed by atoms with Gasteiger partial charge in [-0.3, -0.25) is 9.59 Å². The average molecular weight is 436 g/mol. The van der Waals surface area contributed by atoms with Crippen molar-refractivity contribution in [2.75, 3.05) is 0 Å². The van der Waals surface area contributed by atoms with Crippen LogP contribution in [0.4, 0.5) is 4.39 Å². The highest BCUT2D eigenvalue weighted by molar-refractivity contribution is 6.09. The number of halogens is 1. The molecule has 4 saturated carbocycles. The second-order valence-electron chi connectivity index (χ2n) is 10.5. The molecule has 4 bridgehead atoms. The first-order chi connectivity index (χ1) is 15.2. The second-order valence-corrected chi connectivity index (χ2v) is 10.5. The van der Waals surface area contributed by atoms with Crippen molar-refractivity contribution in [3.63, 3.8) is 0 Å². The largest absolute Gasteiger partial charge is 0.390 e. The molecular weight excluding hydrogens is 405 g/mol. The lowest BCUT2D eigenvalue weighted by molar-refractivity contribution is -0.136. The van der Waals surface area contributed by atoms with Crippen LogP contribution in [0, 0.1) is 23.6 Å². The van der Waals surface area contributed by atoms with Gasteiger partial charge in [0.15, 0.2) is 5.78 Å². The van der Waals surface area contributed by atoms with Gasteiger partial charge in [-0.15, -0.1) is 0 Å². The Kier molecular flexibility index (Phi) is 5.20. The summed E-state index contributed by atoms with van der Waals surface area (Å²) in [5.74, 6) is 0.680. The van der Waals surface area contributed by atoms with Crippen LogP contribution in [0.2, 0.25) is 0 Å². The van der Waals surface area contributed by atoms with E-state index in [0.717, 1.165) is 37.7 Å². The fraction of sp³-hybridized carbons (Fsp3) is 0.481. The van der Waals surface area contributed by atoms with Crippen LogP contribution in [-0.2, 0) is 0 Å². The van der Waals surface area contributed by atoms with E-state index in [2.05, 4.69) is 5.32 Å². The molecule has 5 heteroatoms. The topological polar surface area (TPSA) is 66.4 Å². The second kappa shape index (κ2) is 7.80. The zero-order valence-electron chi connectivity index (χ0n) is 18.6. The molecule has 4 aliphatic rings. The van der Waals surface area contributed by atoms with Crippen LogP contribution in [0.15, 0.2) is 42.5 Å². The van der Waals surface area contributed by atoms with Crippen molar-refractivity contribution in [1.29, 1.82) is 0 Å². The van der Waals surface area contributed by atoms with Crippen LogP contribution < -0.4 is 5.32 Å². The number of nitrogens with one attached hydrogen (secondary N) is 1. The number of benzene rings is 2. The number of ketones is 1. The Balaban J connectivity index is 1.38. The summed E-state index contributed by atoms with van der Waals surface area (Å²) in [6.07, 6.45) is 4.67. The highest BCUT2D eigenvalue weighted by Gasteiger charge is 2.55. The minimum atomic E-state index is -0.525. The monoisotopic (exact) mass is 435 g/mol. The van der Waals surface area contributed by atoms with E-state index in [4.69, 9.17) is 0 Å². The average Bonchev–Trinajstić information content (AvgIpc) is 2.74. The molecule has 6 rings (SSSR count). The van der Waals surface area contributed by atoms with Crippen LogP contribution in [0.3, 0.4) is 0 Å². The molecule has 168 valence electrons. The number of hydrogen-bond donors (Lipinski definition) is 2. The highest BCUT2D eigenvalue weighted by Crippen LogP contribution is 2.55. The zero-order valence-corrected chi connectivity index (χ0v) is 18.6. The zero-order chi connectivity index (χ0) is 22.6. The molecule has 0 saturated heterocycles. The molecule has 2 unspecified atom stereocenters. The lowest BCUT2D eigenvalue weighted by atomic mass is 9.52. The van der Waals surface area contributed by atoms with Gasteiger partial charge < -0.3 is 10.4 Å². The lowest BCUT2D eigenvalue weighted by Gasteiger charge is -2.58. The Hall–Kier alpha value is -2.53. The number of aliphatic hydroxyl groups is 1. The van der Waals surface area contributed by atoms with E-state index in [0.29, 0.717) is 34.4 Å². The van der Waals surface area contributed by atoms with Crippen molar-refractivity contribution in [2.45, 2.75) is 63.5 Å². The fourth-order valence-corrected chi connectivity index (χ4v) is 6.60. The Morgan fingerprint density at radius 1 is 1.00 bits per heavy atom. The summed E-state index contributed by atoms with van der Waals surface area (Å²) in [6, 6.07) is 10.9. The summed E-state index contributed by atoms with van der Waals surface area (Å²) in [7, 11) is 0. The standard InChI is InChI=1S/C27H30FNO3/c1-15(2)23-11-18(25(30)17-3-6-21(28)7-4-17)5-8-22(23)26(31)29-24-19-9-16-10-20(24)14-27(32,12-16)13-19/h3-8,11,15-16,19-20,24,32H,9-10,12-14H2,1-2H3,(H,29,31). The normalized spacial score (nSPS) is 30.5. The lowest BCUT2D eigenvalue weighted by Crippen LogP contribution is -2.61. The Morgan fingerprint density at radius 3 is 2.22 bits per heavy atom. The third kappa shape index (κ3) is 3.77. The van der Waals surface area contributed by atoms with Crippen LogP contribution in [0.25, 0.3) is 0 Å². The number of amides is 1. The molecule has 0 radical (unpaired) electrons. The maximum Gasteiger partial charge on any atom is 0.251 e. The van der Waals surface area contributed by atoms with Gasteiger partial charge in [0.05, 0.1) is 5.60 Å². The van der Waals surface area contributed by atoms with Gasteiger partial charge in [0.2, 0.25) is 0 Å². The minimum Gasteiger partial charge on any atom is -0.390 e. The molecule has 2 aromatic rings. The van der Waals surface area contributed by atoms with Crippen molar-refractivity contribution in [3.8, 4) is 0 Å². The minimum absolute atomic E-state index is 0.0657. The maximum atomic E-state index is 13.3. The van der Waals surface area contributed by atoms with Crippen molar-refractivity contribution < 1.29 is 19.1 Å². The van der Waals surface area contributed by atoms with Gasteiger partial charge in [0.25, 0.3) is 5.91 Å². The first-order valence-corrected chi connectivity index (χ1v) is 11.7. The van der Waals surface area contributed by atoms with Crippen molar-refractivity contribution in [3.05, 3.63) is 70.5 Å². The van der Waals surface area contributed by atoms with Gasteiger partial charge in [-0.2, -0.15) is 0 Å². The summed E-state index contributed by atoms with van der Waals surface area (Å²) in [5, 5.41) is 14.1. The summed E-state index contributed by atoms with van der Waals surface area (Å²) < 4.78 is 13.2. The van der Waals surface area contributed by atoms with Crippen molar-refractivity contribution in [2.24, 2.45) is 17.8 Å². The van der Waals surface area contributed by atoms with Gasteiger partial charge in [-0.1, -0.05) is 19.9 Å². The van der Waals surface area contributed by atoms with E-state index in [1.54, 1.807) is 18.2 Å². The molecule has 1 amide bonds. The van der Waals surface area contributed by atoms with Gasteiger partial charge in [-0.25, -0.2) is 4.39 Å². The molecule has 0 aliphatic heterocycles. The first kappa shape index (κ1) is 21.3. The van der Waals surface area contributed by atoms with Crippen LogP contribution in [0.1, 0.15) is 83.7 Å². The molecule has 32 heavy (non-hydrogen) atoms. The van der Waals surface area contributed by atoms with E-state index >= 15 is 0 Å². The molecule has 2 atom stereocenters. The number of carbonyl (C=O) groups is 2. The van der Waals surface area contributed by atoms with Gasteiger partial charge in [-0.05, 0) is 97.7 Å². The van der Waals surface area contributed by atoms with E-state index in [1.165, 1.54) is 24.3 Å². The molecular formula is C27H30FNO3. The highest BCUT2D eigenvalue weighted by atomic mass is 19.1. The van der Waals surface area contributed by atoms with Gasteiger partial charge in [0, 0.05) is 22.7 Å². The van der Waals surface area contributed by atoms with Crippen molar-refractivity contribution >= 4 is 11.7 Å². The summed E-state index contributed by atoms with van der Waals surface area (Å²) in [6.45, 7) is 4.02. The number of rotatable bonds is 5. The van der Waals surface area contributed by atoms with E-state index < -0.39 is 5.60 Å². The number of hydrogen-bond acceptors (Lipinski definition) is 3. The van der Waals surface area contributed by atoms with Crippen LogP contribution in [0.5, 0.6) is 0 Å². The van der Waals surface area contributed by atoms with Gasteiger partial charge >= 0.3 is 0 Å². The Labute approximate surface area is 188 Å². The SMILES string of the molecule is CC(C)c1cc(C(=O)c2ccc(F)cc2)ccc1C(=O)NC1C2CC3CC1CC(O)(C3)C2. The predicted octanol–water partition coefficient (Wildman–Crippen LogP) is 4.85. The third-order valence-electron chi connectivity index (χ3n) is 7.83. The Bertz CT molecular complexity index is 1050. The molecule has 2 aromatic carbocycles. The molecule has 0 heterocycles. The maximum absolute atomic E-state index is 13.3. The quantitative estimate of drug-likeness (QED) is 0.660. The molecule has 4 nitrogen and oxygen atoms in total. The molecule has 4 fully saturated rings. The third-order valence-corrected chi connectivity index (χ3v) is 7.83. The van der Waals surface area contributed by atoms with E-state index in [9.17, 15) is 19.1 Å². The summed E-state index contributed by atoms with van der Waals surface area (Å²) >= 11 is 0. The summed E-state index contributed by atoms with van der Waals surface area (Å²) in [4.78, 5) is 26.2. The molecule has 0 aromatic heterocycles. The van der Waals surface area contributed by atoms with Crippen molar-refractivity contribution in [1.82, 2.24) is 5.32 Å². The van der Waals surface area contributed by atoms with Gasteiger partial charge in [0.1, 0.15) is 5.82 Å². The van der Waals surface area contributed by atoms with E-state index in [1.807, 2.05) is 13.8 Å². The number of carbonyl (C=O) groups excluding carboxylic acids is 2. The van der Waals surface area contributed by atoms with Crippen LogP contribution >= 0.6 is 0 Å². The molecule has 2 N–H and O–H groups in total. The fourth-order valence-electron chi connectivity index (χ4n) is 6.60. The summed E-state index contributed by atoms with van der Waals surface area (Å²) in [5.41, 5.74) is 1.82. The van der Waals surface area contributed by atoms with Crippen LogP contribution in [-0.4, -0.2) is 28.4 Å². The molecule has 4 aliphatic carbocycles. The van der Waals surface area contributed by atoms with E-state index in [-0.39, 0.29) is 29.5 Å². The molecule has 0 spiro atoms. The first-order valence-electron chi connectivity index (χ1n) is 11.7. The Morgan fingerprint density at radius 2 is 1.62 bits per heavy atom. The smallest absolute Gasteiger partial charge is 0.251 e. The predicted molar refractivity (Wildman–Crippen MR) is 120 cm³/mol.